The van der Waals surface area contributed by atoms with Crippen molar-refractivity contribution in [2.24, 2.45) is 10.9 Å². The van der Waals surface area contributed by atoms with Crippen molar-refractivity contribution in [2.45, 2.75) is 37.9 Å². The first-order valence-electron chi connectivity index (χ1n) is 10.3. The number of nitrogens with zero attached hydrogens (tertiary/aromatic N) is 7. The number of thioether (sulfide) groups is 1. The van der Waals surface area contributed by atoms with Crippen LogP contribution < -0.4 is 0 Å². The second-order valence-electron chi connectivity index (χ2n) is 8.13. The Morgan fingerprint density at radius 1 is 1.27 bits per heavy atom. The Morgan fingerprint density at radius 3 is 2.80 bits per heavy atom. The van der Waals surface area contributed by atoms with E-state index in [1.165, 1.54) is 23.3 Å². The molecular weight excluding hydrogens is 402 g/mol. The van der Waals surface area contributed by atoms with Crippen LogP contribution in [0.2, 0.25) is 0 Å². The van der Waals surface area contributed by atoms with Gasteiger partial charge < -0.3 is 0 Å². The Balaban J connectivity index is 1.61. The minimum absolute atomic E-state index is 0.228. The lowest BCUT2D eigenvalue weighted by molar-refractivity contribution is -0.550. The predicted molar refractivity (Wildman–Crippen MR) is 115 cm³/mol. The van der Waals surface area contributed by atoms with E-state index in [-0.39, 0.29) is 11.9 Å². The highest BCUT2D eigenvalue weighted by molar-refractivity contribution is 7.99. The molecule has 0 aliphatic carbocycles. The average molecular weight is 431 g/mol. The van der Waals surface area contributed by atoms with Gasteiger partial charge in [-0.25, -0.2) is 19.7 Å². The number of guanidine groups is 1. The molecule has 30 heavy (non-hydrogen) atoms. The molecule has 9 nitrogen and oxygen atoms in total. The molecule has 2 saturated heterocycles. The van der Waals surface area contributed by atoms with E-state index in [1.54, 1.807) is 25.0 Å². The third-order valence-electron chi connectivity index (χ3n) is 5.79. The van der Waals surface area contributed by atoms with Crippen LogP contribution in [0.3, 0.4) is 0 Å². The number of aromatic nitrogens is 2. The fourth-order valence-electron chi connectivity index (χ4n) is 4.17. The summed E-state index contributed by atoms with van der Waals surface area (Å²) in [5.41, 5.74) is 0.929. The monoisotopic (exact) mass is 430 g/mol. The van der Waals surface area contributed by atoms with Gasteiger partial charge >= 0.3 is 12.0 Å². The number of likely N-dealkylation sites (N-methyl/N-ethyl adjacent to an activating group) is 2. The van der Waals surface area contributed by atoms with Crippen LogP contribution in [0.15, 0.2) is 22.4 Å². The number of carbonyl (C=O) groups is 2. The van der Waals surface area contributed by atoms with E-state index >= 15 is 0 Å². The van der Waals surface area contributed by atoms with E-state index < -0.39 is 6.04 Å². The van der Waals surface area contributed by atoms with Gasteiger partial charge in [0.15, 0.2) is 5.16 Å². The molecule has 0 aromatic carbocycles. The van der Waals surface area contributed by atoms with Gasteiger partial charge in [-0.2, -0.15) is 0 Å². The second kappa shape index (κ2) is 8.33. The van der Waals surface area contributed by atoms with Crippen LogP contribution in [0.25, 0.3) is 0 Å². The Hall–Kier alpha value is -2.49. The summed E-state index contributed by atoms with van der Waals surface area (Å²) in [7, 11) is 3.22. The van der Waals surface area contributed by atoms with E-state index in [0.29, 0.717) is 24.1 Å². The summed E-state index contributed by atoms with van der Waals surface area (Å²) in [6.07, 6.45) is 4.06. The third-order valence-corrected chi connectivity index (χ3v) is 6.63. The highest BCUT2D eigenvalue weighted by atomic mass is 32.2. The average Bonchev–Trinajstić information content (AvgIpc) is 3.10. The first kappa shape index (κ1) is 20.8. The molecule has 0 radical (unpaired) electrons. The van der Waals surface area contributed by atoms with Gasteiger partial charge in [-0.1, -0.05) is 23.7 Å². The second-order valence-corrected chi connectivity index (χ2v) is 9.19. The lowest BCUT2D eigenvalue weighted by Crippen LogP contribution is -2.63. The van der Waals surface area contributed by atoms with E-state index in [1.807, 2.05) is 13.0 Å². The number of urea groups is 1. The SMILES string of the molecule is Cc1ccnc(SCCN2C(=[N+]3CCCC(C)C3)N=C3C2C(=O)N(C)C(=O)N3C)n1. The molecule has 4 rings (SSSR count). The van der Waals surface area contributed by atoms with Gasteiger partial charge in [-0.15, -0.1) is 0 Å². The van der Waals surface area contributed by atoms with E-state index in [0.717, 1.165) is 36.3 Å². The van der Waals surface area contributed by atoms with Gasteiger partial charge in [0, 0.05) is 31.7 Å². The summed E-state index contributed by atoms with van der Waals surface area (Å²) in [5, 5.41) is 0.725. The molecular formula is C20H28N7O2S+. The fraction of sp³-hybridized carbons (Fsp3) is 0.600. The molecule has 3 amide bonds. The van der Waals surface area contributed by atoms with E-state index in [4.69, 9.17) is 4.99 Å². The molecule has 1 aromatic rings. The highest BCUT2D eigenvalue weighted by Gasteiger charge is 2.55. The highest BCUT2D eigenvalue weighted by Crippen LogP contribution is 2.25. The summed E-state index contributed by atoms with van der Waals surface area (Å²) in [5.74, 6) is 2.38. The Labute approximate surface area is 180 Å². The zero-order chi connectivity index (χ0) is 21.4. The zero-order valence-corrected chi connectivity index (χ0v) is 18.7. The molecule has 2 atom stereocenters. The summed E-state index contributed by atoms with van der Waals surface area (Å²) in [6.45, 7) is 6.62. The fourth-order valence-corrected chi connectivity index (χ4v) is 4.98. The first-order valence-corrected chi connectivity index (χ1v) is 11.3. The molecule has 160 valence electrons. The Kier molecular flexibility index (Phi) is 5.77. The van der Waals surface area contributed by atoms with Crippen LogP contribution in [0, 0.1) is 12.8 Å². The number of amides is 3. The number of piperidine rings is 1. The van der Waals surface area contributed by atoms with Crippen molar-refractivity contribution >= 4 is 35.5 Å². The maximum Gasteiger partial charge on any atom is 0.392 e. The van der Waals surface area contributed by atoms with E-state index in [9.17, 15) is 9.59 Å². The molecule has 10 heteroatoms. The van der Waals surface area contributed by atoms with Crippen LogP contribution in [-0.4, -0.2) is 98.5 Å². The molecule has 2 fully saturated rings. The summed E-state index contributed by atoms with van der Waals surface area (Å²) >= 11 is 1.56. The Bertz CT molecular complexity index is 931. The van der Waals surface area contributed by atoms with Crippen LogP contribution in [0.5, 0.6) is 0 Å². The summed E-state index contributed by atoms with van der Waals surface area (Å²) < 4.78 is 2.26. The topological polar surface area (TPSA) is 85.0 Å². The third kappa shape index (κ3) is 3.80. The minimum Gasteiger partial charge on any atom is -0.270 e. The number of aliphatic imine (C=N–C) groups is 1. The normalized spacial score (nSPS) is 26.9. The number of carbonyl (C=O) groups excluding carboxylic acids is 2. The maximum atomic E-state index is 13.0. The number of rotatable bonds is 4. The van der Waals surface area contributed by atoms with Crippen molar-refractivity contribution in [3.8, 4) is 0 Å². The number of hydrogen-bond donors (Lipinski definition) is 0. The van der Waals surface area contributed by atoms with Crippen molar-refractivity contribution in [3.05, 3.63) is 18.0 Å². The van der Waals surface area contributed by atoms with Crippen LogP contribution >= 0.6 is 11.8 Å². The van der Waals surface area contributed by atoms with Crippen molar-refractivity contribution < 1.29 is 14.2 Å². The summed E-state index contributed by atoms with van der Waals surface area (Å²) in [6, 6.07) is 0.965. The van der Waals surface area contributed by atoms with Crippen molar-refractivity contribution in [1.29, 1.82) is 0 Å². The molecule has 2 unspecified atom stereocenters. The molecule has 3 aliphatic heterocycles. The molecule has 0 N–H and O–H groups in total. The standard InChI is InChI=1S/C20H28N7O2S/c1-13-6-5-9-26(12-13)19-23-16-15(17(28)25(4)20(29)24(16)3)27(19)10-11-30-18-21-8-7-14(2)22-18/h7-8,13,15H,5-6,9-12H2,1-4H3/q+1. The lowest BCUT2D eigenvalue weighted by Gasteiger charge is -2.33. The quantitative estimate of drug-likeness (QED) is 0.406. The first-order chi connectivity index (χ1) is 14.4. The zero-order valence-electron chi connectivity index (χ0n) is 17.9. The predicted octanol–water partition coefficient (Wildman–Crippen LogP) is 1.28. The number of aryl methyl sites for hydroxylation is 1. The smallest absolute Gasteiger partial charge is 0.270 e. The van der Waals surface area contributed by atoms with Crippen LogP contribution in [0.4, 0.5) is 4.79 Å². The van der Waals surface area contributed by atoms with Gasteiger partial charge in [-0.05, 0) is 31.7 Å². The molecule has 4 heterocycles. The van der Waals surface area contributed by atoms with Crippen LogP contribution in [-0.2, 0) is 4.79 Å². The van der Waals surface area contributed by atoms with Crippen molar-refractivity contribution in [3.63, 3.8) is 0 Å². The molecule has 0 spiro atoms. The van der Waals surface area contributed by atoms with Gasteiger partial charge in [0.25, 0.3) is 5.91 Å². The summed E-state index contributed by atoms with van der Waals surface area (Å²) in [4.78, 5) is 43.8. The number of hydrogen-bond acceptors (Lipinski definition) is 5. The minimum atomic E-state index is -0.566. The van der Waals surface area contributed by atoms with Gasteiger partial charge in [0.2, 0.25) is 11.9 Å². The molecule has 0 bridgehead atoms. The molecule has 0 saturated carbocycles. The number of imide groups is 1. The number of fused-ring (bicyclic) bond motifs is 1. The van der Waals surface area contributed by atoms with Gasteiger partial charge in [0.1, 0.15) is 0 Å². The van der Waals surface area contributed by atoms with Gasteiger partial charge in [-0.3, -0.25) is 19.2 Å². The largest absolute Gasteiger partial charge is 0.392 e. The molecule has 1 aromatic heterocycles. The van der Waals surface area contributed by atoms with Crippen molar-refractivity contribution in [2.75, 3.05) is 39.5 Å². The number of amidine groups is 1. The maximum absolute atomic E-state index is 13.0. The van der Waals surface area contributed by atoms with Gasteiger partial charge in [0.05, 0.1) is 19.6 Å². The van der Waals surface area contributed by atoms with E-state index in [2.05, 4.69) is 26.4 Å². The lowest BCUT2D eigenvalue weighted by atomic mass is 10.0. The van der Waals surface area contributed by atoms with Crippen molar-refractivity contribution in [1.82, 2.24) is 24.7 Å². The Morgan fingerprint density at radius 2 is 2.07 bits per heavy atom. The molecule has 3 aliphatic rings. The van der Waals surface area contributed by atoms with Crippen LogP contribution in [0.1, 0.15) is 25.5 Å².